The second kappa shape index (κ2) is 8.88. The van der Waals surface area contributed by atoms with Crippen LogP contribution in [0.3, 0.4) is 0 Å². The second-order valence-corrected chi connectivity index (χ2v) is 12.9. The van der Waals surface area contributed by atoms with Crippen LogP contribution in [0, 0.1) is 5.92 Å². The van der Waals surface area contributed by atoms with Crippen LogP contribution in [0.2, 0.25) is 0 Å². The zero-order valence-corrected chi connectivity index (χ0v) is 21.2. The number of fused-ring (bicyclic) bond motifs is 1. The van der Waals surface area contributed by atoms with E-state index in [2.05, 4.69) is 19.9 Å². The van der Waals surface area contributed by atoms with Gasteiger partial charge in [0.2, 0.25) is 10.0 Å². The Morgan fingerprint density at radius 2 is 2.09 bits per heavy atom. The summed E-state index contributed by atoms with van der Waals surface area (Å²) in [6.07, 6.45) is 1.62. The average molecular weight is 526 g/mol. The minimum atomic E-state index is -4.42. The van der Waals surface area contributed by atoms with Crippen LogP contribution in [0.1, 0.15) is 31.5 Å². The van der Waals surface area contributed by atoms with Gasteiger partial charge in [0.15, 0.2) is 11.6 Å². The van der Waals surface area contributed by atoms with Crippen LogP contribution < -0.4 is 20.9 Å². The molecule has 2 aliphatic heterocycles. The molecule has 4 N–H and O–H groups in total. The summed E-state index contributed by atoms with van der Waals surface area (Å²) in [6, 6.07) is 4.02. The lowest BCUT2D eigenvalue weighted by atomic mass is 10.1. The van der Waals surface area contributed by atoms with Gasteiger partial charge in [0, 0.05) is 18.0 Å². The lowest BCUT2D eigenvalue weighted by molar-refractivity contribution is 0.430. The monoisotopic (exact) mass is 525 g/mol. The van der Waals surface area contributed by atoms with Crippen molar-refractivity contribution in [1.29, 1.82) is 0 Å². The molecular formula is C20H24N5O6PS2. The highest BCUT2D eigenvalue weighted by Gasteiger charge is 2.34. The van der Waals surface area contributed by atoms with E-state index < -0.39 is 28.9 Å². The molecular weight excluding hydrogens is 501 g/mol. The smallest absolute Gasteiger partial charge is 0.346 e. The van der Waals surface area contributed by atoms with Crippen LogP contribution in [0.15, 0.2) is 33.2 Å². The van der Waals surface area contributed by atoms with Gasteiger partial charge in [0.05, 0.1) is 17.2 Å². The SMILES string of the molecule is CC(C)Cn1nc(C2=CSCC2)c(O)c(C2=NP(=O)(O)c3cc(NS(C)(=O)=O)ccc3N2)c1=O. The van der Waals surface area contributed by atoms with Crippen molar-refractivity contribution < 1.29 is 23.0 Å². The molecule has 4 rings (SSSR count). The number of hydrogen-bond donors (Lipinski definition) is 4. The number of benzene rings is 1. The predicted octanol–water partition coefficient (Wildman–Crippen LogP) is 2.14. The second-order valence-electron chi connectivity index (χ2n) is 8.44. The van der Waals surface area contributed by atoms with Crippen LogP contribution in [0.4, 0.5) is 11.4 Å². The Balaban J connectivity index is 1.86. The molecule has 1 aromatic heterocycles. The maximum Gasteiger partial charge on any atom is 0.346 e. The average Bonchev–Trinajstić information content (AvgIpc) is 3.23. The van der Waals surface area contributed by atoms with Crippen molar-refractivity contribution in [1.82, 2.24) is 9.78 Å². The quantitative estimate of drug-likeness (QED) is 0.414. The summed E-state index contributed by atoms with van der Waals surface area (Å²) < 4.78 is 43.5. The van der Waals surface area contributed by atoms with Crippen molar-refractivity contribution in [2.75, 3.05) is 22.0 Å². The fraction of sp³-hybridized carbons (Fsp3) is 0.350. The van der Waals surface area contributed by atoms with E-state index >= 15 is 0 Å². The van der Waals surface area contributed by atoms with Crippen molar-refractivity contribution in [3.05, 3.63) is 45.2 Å². The van der Waals surface area contributed by atoms with Crippen molar-refractivity contribution in [3.8, 4) is 5.75 Å². The Morgan fingerprint density at radius 3 is 2.71 bits per heavy atom. The highest BCUT2D eigenvalue weighted by Crippen LogP contribution is 2.47. The van der Waals surface area contributed by atoms with E-state index in [9.17, 15) is 27.8 Å². The molecule has 182 valence electrons. The van der Waals surface area contributed by atoms with Crippen LogP contribution in [-0.4, -0.2) is 46.0 Å². The summed E-state index contributed by atoms with van der Waals surface area (Å²) in [7, 11) is -8.02. The zero-order valence-electron chi connectivity index (χ0n) is 18.6. The van der Waals surface area contributed by atoms with Crippen molar-refractivity contribution in [2.24, 2.45) is 10.7 Å². The van der Waals surface area contributed by atoms with Gasteiger partial charge in [-0.05, 0) is 41.5 Å². The number of hydrogen-bond acceptors (Lipinski definition) is 8. The third-order valence-electron chi connectivity index (χ3n) is 5.03. The standard InChI is InChI=1S/C20H24N5O6PS2/c1-11(2)9-25-20(27)16(18(26)17(22-25)12-6-7-33-10-12)19-21-14-5-4-13(24-34(3,30)31)8-15(14)32(28,29)23-19/h4-5,8,10-11,24,26H,6-7,9H2,1-3H3,(H2,21,23,28,29). The highest BCUT2D eigenvalue weighted by molar-refractivity contribution is 8.02. The van der Waals surface area contributed by atoms with E-state index in [1.165, 1.54) is 22.9 Å². The molecule has 2 aliphatic rings. The molecule has 3 heterocycles. The lowest BCUT2D eigenvalue weighted by Gasteiger charge is -2.23. The molecule has 0 radical (unpaired) electrons. The summed E-state index contributed by atoms with van der Waals surface area (Å²) in [5.41, 5.74) is 0.360. The fourth-order valence-corrected chi connectivity index (χ4v) is 6.36. The number of nitrogens with one attached hydrogen (secondary N) is 2. The molecule has 0 bridgehead atoms. The summed E-state index contributed by atoms with van der Waals surface area (Å²) in [4.78, 5) is 24.0. The van der Waals surface area contributed by atoms with Crippen molar-refractivity contribution >= 4 is 57.4 Å². The predicted molar refractivity (Wildman–Crippen MR) is 135 cm³/mol. The third kappa shape index (κ3) is 4.92. The summed E-state index contributed by atoms with van der Waals surface area (Å²) in [5.74, 6) is 0.229. The first-order valence-electron chi connectivity index (χ1n) is 10.3. The molecule has 0 saturated carbocycles. The van der Waals surface area contributed by atoms with Gasteiger partial charge in [-0.3, -0.25) is 14.1 Å². The van der Waals surface area contributed by atoms with E-state index in [1.54, 1.807) is 11.8 Å². The van der Waals surface area contributed by atoms with Gasteiger partial charge in [0.25, 0.3) is 5.56 Å². The number of aromatic hydroxyl groups is 1. The van der Waals surface area contributed by atoms with Gasteiger partial charge < -0.3 is 15.3 Å². The van der Waals surface area contributed by atoms with Crippen LogP contribution in [0.25, 0.3) is 5.57 Å². The molecule has 0 saturated heterocycles. The van der Waals surface area contributed by atoms with E-state index in [-0.39, 0.29) is 46.2 Å². The molecule has 0 fully saturated rings. The Labute approximate surface area is 200 Å². The highest BCUT2D eigenvalue weighted by atomic mass is 32.2. The number of nitrogens with zero attached hydrogens (tertiary/aromatic N) is 3. The number of thioether (sulfide) groups is 1. The first kappa shape index (κ1) is 24.5. The zero-order chi connectivity index (χ0) is 24.8. The molecule has 2 aromatic rings. The van der Waals surface area contributed by atoms with Gasteiger partial charge in [-0.2, -0.15) is 9.86 Å². The minimum Gasteiger partial charge on any atom is -0.505 e. The number of allylic oxidation sites excluding steroid dienone is 1. The van der Waals surface area contributed by atoms with Crippen molar-refractivity contribution in [3.63, 3.8) is 0 Å². The fourth-order valence-electron chi connectivity index (χ4n) is 3.63. The third-order valence-corrected chi connectivity index (χ3v) is 7.99. The van der Waals surface area contributed by atoms with Crippen LogP contribution in [-0.2, 0) is 21.1 Å². The van der Waals surface area contributed by atoms with E-state index in [0.29, 0.717) is 6.42 Å². The summed E-state index contributed by atoms with van der Waals surface area (Å²) >= 11 is 1.57. The van der Waals surface area contributed by atoms with Crippen LogP contribution >= 0.6 is 19.3 Å². The van der Waals surface area contributed by atoms with Crippen molar-refractivity contribution in [2.45, 2.75) is 26.8 Å². The molecule has 14 heteroatoms. The van der Waals surface area contributed by atoms with Gasteiger partial charge in [-0.1, -0.05) is 13.8 Å². The van der Waals surface area contributed by atoms with E-state index in [4.69, 9.17) is 0 Å². The normalized spacial score (nSPS) is 19.9. The van der Waals surface area contributed by atoms with Crippen LogP contribution in [0.5, 0.6) is 5.75 Å². The molecule has 1 aromatic carbocycles. The number of sulfonamides is 1. The maximum absolute atomic E-state index is 13.3. The topological polar surface area (TPSA) is 163 Å². The minimum absolute atomic E-state index is 0.0778. The van der Waals surface area contributed by atoms with Gasteiger partial charge in [0.1, 0.15) is 11.3 Å². The number of anilines is 2. The van der Waals surface area contributed by atoms with Gasteiger partial charge in [-0.25, -0.2) is 13.1 Å². The lowest BCUT2D eigenvalue weighted by Crippen LogP contribution is -2.35. The number of rotatable bonds is 6. The Morgan fingerprint density at radius 1 is 1.35 bits per heavy atom. The largest absolute Gasteiger partial charge is 0.505 e. The molecule has 1 unspecified atom stereocenters. The Bertz CT molecular complexity index is 1450. The first-order valence-corrected chi connectivity index (χ1v) is 14.9. The van der Waals surface area contributed by atoms with Gasteiger partial charge >= 0.3 is 7.52 Å². The molecule has 34 heavy (non-hydrogen) atoms. The summed E-state index contributed by atoms with van der Waals surface area (Å²) in [6.45, 7) is 4.12. The molecule has 0 aliphatic carbocycles. The summed E-state index contributed by atoms with van der Waals surface area (Å²) in [5, 5.41) is 20.0. The number of amidine groups is 1. The molecule has 1 atom stereocenters. The van der Waals surface area contributed by atoms with E-state index in [1.807, 2.05) is 19.3 Å². The Hall–Kier alpha value is -2.60. The van der Waals surface area contributed by atoms with Gasteiger partial charge in [-0.15, -0.1) is 11.8 Å². The number of aromatic nitrogens is 2. The molecule has 0 spiro atoms. The molecule has 11 nitrogen and oxygen atoms in total. The molecule has 0 amide bonds. The first-order chi connectivity index (χ1) is 15.9. The van der Waals surface area contributed by atoms with E-state index in [0.717, 1.165) is 17.6 Å². The maximum atomic E-state index is 13.3. The Kier molecular flexibility index (Phi) is 6.40.